The van der Waals surface area contributed by atoms with E-state index in [9.17, 15) is 22.8 Å². The third-order valence-corrected chi connectivity index (χ3v) is 4.62. The standard InChI is InChI=1S/C22H20F3NO4/c1-3-29-21(28)20-13(2)26-19(27)12-18(20)14-6-4-8-16(10-14)30-17-9-5-7-15(11-17)22(23,24)25/h4-11,18H,3,12H2,1-2H3,(H,26,27). The van der Waals surface area contributed by atoms with Crippen molar-refractivity contribution in [3.05, 3.63) is 70.9 Å². The summed E-state index contributed by atoms with van der Waals surface area (Å²) in [5, 5.41) is 2.65. The number of nitrogens with one attached hydrogen (secondary N) is 1. The van der Waals surface area contributed by atoms with Gasteiger partial charge in [-0.15, -0.1) is 0 Å². The van der Waals surface area contributed by atoms with Gasteiger partial charge in [-0.05, 0) is 49.7 Å². The molecule has 0 saturated carbocycles. The molecule has 1 N–H and O–H groups in total. The van der Waals surface area contributed by atoms with Crippen LogP contribution < -0.4 is 10.1 Å². The van der Waals surface area contributed by atoms with Crippen molar-refractivity contribution in [2.45, 2.75) is 32.4 Å². The van der Waals surface area contributed by atoms with E-state index in [1.165, 1.54) is 12.1 Å². The molecule has 0 fully saturated rings. The highest BCUT2D eigenvalue weighted by molar-refractivity contribution is 5.95. The average molecular weight is 419 g/mol. The van der Waals surface area contributed by atoms with Crippen LogP contribution in [0.2, 0.25) is 0 Å². The number of rotatable bonds is 5. The normalized spacial score (nSPS) is 16.8. The number of hydrogen-bond donors (Lipinski definition) is 1. The molecule has 0 aliphatic carbocycles. The summed E-state index contributed by atoms with van der Waals surface area (Å²) in [6.45, 7) is 3.50. The Balaban J connectivity index is 1.92. The van der Waals surface area contributed by atoms with Crippen LogP contribution >= 0.6 is 0 Å². The quantitative estimate of drug-likeness (QED) is 0.698. The summed E-state index contributed by atoms with van der Waals surface area (Å²) in [5.41, 5.74) is 0.562. The van der Waals surface area contributed by atoms with Crippen molar-refractivity contribution >= 4 is 11.9 Å². The lowest BCUT2D eigenvalue weighted by molar-refractivity contribution is -0.139. The Morgan fingerprint density at radius 1 is 1.13 bits per heavy atom. The molecule has 0 saturated heterocycles. The third kappa shape index (κ3) is 4.82. The number of carbonyl (C=O) groups excluding carboxylic acids is 2. The van der Waals surface area contributed by atoms with Gasteiger partial charge in [0.25, 0.3) is 0 Å². The molecule has 1 amide bonds. The summed E-state index contributed by atoms with van der Waals surface area (Å²) in [6.07, 6.45) is -4.44. The van der Waals surface area contributed by atoms with Crippen LogP contribution in [0, 0.1) is 0 Å². The van der Waals surface area contributed by atoms with E-state index in [4.69, 9.17) is 9.47 Å². The first kappa shape index (κ1) is 21.4. The van der Waals surface area contributed by atoms with Gasteiger partial charge in [0.2, 0.25) is 5.91 Å². The Bertz CT molecular complexity index is 998. The maximum atomic E-state index is 12.9. The van der Waals surface area contributed by atoms with Crippen LogP contribution in [-0.2, 0) is 20.5 Å². The van der Waals surface area contributed by atoms with Gasteiger partial charge in [-0.3, -0.25) is 4.79 Å². The zero-order valence-electron chi connectivity index (χ0n) is 16.4. The summed E-state index contributed by atoms with van der Waals surface area (Å²) in [5.74, 6) is -0.999. The van der Waals surface area contributed by atoms with E-state index in [1.807, 2.05) is 0 Å². The van der Waals surface area contributed by atoms with E-state index in [1.54, 1.807) is 38.1 Å². The largest absolute Gasteiger partial charge is 0.463 e. The average Bonchev–Trinajstić information content (AvgIpc) is 2.67. The maximum absolute atomic E-state index is 12.9. The molecule has 0 bridgehead atoms. The van der Waals surface area contributed by atoms with Crippen molar-refractivity contribution in [1.82, 2.24) is 5.32 Å². The number of allylic oxidation sites excluding steroid dienone is 1. The fourth-order valence-corrected chi connectivity index (χ4v) is 3.33. The topological polar surface area (TPSA) is 64.6 Å². The number of esters is 1. The number of amides is 1. The van der Waals surface area contributed by atoms with Gasteiger partial charge in [0.15, 0.2) is 0 Å². The maximum Gasteiger partial charge on any atom is 0.416 e. The van der Waals surface area contributed by atoms with Crippen molar-refractivity contribution in [3.63, 3.8) is 0 Å². The fraction of sp³-hybridized carbons (Fsp3) is 0.273. The minimum absolute atomic E-state index is 0.0284. The molecule has 0 spiro atoms. The second-order valence-corrected chi connectivity index (χ2v) is 6.76. The second kappa shape index (κ2) is 8.61. The molecule has 5 nitrogen and oxygen atoms in total. The fourth-order valence-electron chi connectivity index (χ4n) is 3.33. The zero-order valence-corrected chi connectivity index (χ0v) is 16.4. The molecule has 1 heterocycles. The highest BCUT2D eigenvalue weighted by Crippen LogP contribution is 2.36. The summed E-state index contributed by atoms with van der Waals surface area (Å²) >= 11 is 0. The molecule has 0 aromatic heterocycles. The minimum Gasteiger partial charge on any atom is -0.463 e. The minimum atomic E-state index is -4.48. The van der Waals surface area contributed by atoms with Gasteiger partial charge < -0.3 is 14.8 Å². The Morgan fingerprint density at radius 2 is 1.80 bits per heavy atom. The summed E-state index contributed by atoms with van der Waals surface area (Å²) < 4.78 is 49.5. The predicted molar refractivity (Wildman–Crippen MR) is 103 cm³/mol. The molecule has 0 radical (unpaired) electrons. The Kier molecular flexibility index (Phi) is 6.14. The van der Waals surface area contributed by atoms with Crippen LogP contribution in [0.25, 0.3) is 0 Å². The number of alkyl halides is 3. The zero-order chi connectivity index (χ0) is 21.9. The predicted octanol–water partition coefficient (Wildman–Crippen LogP) is 4.94. The first-order valence-corrected chi connectivity index (χ1v) is 9.32. The van der Waals surface area contributed by atoms with Gasteiger partial charge >= 0.3 is 12.1 Å². The number of carbonyl (C=O) groups is 2. The third-order valence-electron chi connectivity index (χ3n) is 4.62. The van der Waals surface area contributed by atoms with E-state index in [0.717, 1.165) is 12.1 Å². The van der Waals surface area contributed by atoms with Gasteiger partial charge in [0.05, 0.1) is 17.7 Å². The van der Waals surface area contributed by atoms with Crippen LogP contribution in [0.15, 0.2) is 59.8 Å². The molecule has 1 aliphatic heterocycles. The van der Waals surface area contributed by atoms with Gasteiger partial charge in [-0.25, -0.2) is 4.79 Å². The lowest BCUT2D eigenvalue weighted by Gasteiger charge is -2.26. The lowest BCUT2D eigenvalue weighted by atomic mass is 9.84. The van der Waals surface area contributed by atoms with Gasteiger partial charge in [0, 0.05) is 18.0 Å². The summed E-state index contributed by atoms with van der Waals surface area (Å²) in [6, 6.07) is 11.1. The molecule has 8 heteroatoms. The Morgan fingerprint density at radius 3 is 2.47 bits per heavy atom. The molecule has 1 unspecified atom stereocenters. The van der Waals surface area contributed by atoms with Crippen molar-refractivity contribution in [3.8, 4) is 11.5 Å². The molecule has 3 rings (SSSR count). The van der Waals surface area contributed by atoms with Crippen LogP contribution in [-0.4, -0.2) is 18.5 Å². The van der Waals surface area contributed by atoms with Crippen molar-refractivity contribution in [2.24, 2.45) is 0 Å². The number of ether oxygens (including phenoxy) is 2. The molecular formula is C22H20F3NO4. The van der Waals surface area contributed by atoms with E-state index < -0.39 is 23.6 Å². The molecule has 30 heavy (non-hydrogen) atoms. The first-order valence-electron chi connectivity index (χ1n) is 9.32. The molecule has 158 valence electrons. The molecule has 2 aromatic carbocycles. The molecule has 1 atom stereocenters. The second-order valence-electron chi connectivity index (χ2n) is 6.76. The highest BCUT2D eigenvalue weighted by Gasteiger charge is 2.33. The number of benzene rings is 2. The van der Waals surface area contributed by atoms with E-state index in [2.05, 4.69) is 5.32 Å². The summed E-state index contributed by atoms with van der Waals surface area (Å²) in [7, 11) is 0. The van der Waals surface area contributed by atoms with Crippen molar-refractivity contribution in [1.29, 1.82) is 0 Å². The van der Waals surface area contributed by atoms with E-state index in [0.29, 0.717) is 22.6 Å². The van der Waals surface area contributed by atoms with Gasteiger partial charge in [-0.1, -0.05) is 18.2 Å². The van der Waals surface area contributed by atoms with Crippen molar-refractivity contribution in [2.75, 3.05) is 6.61 Å². The first-order chi connectivity index (χ1) is 14.2. The molecule has 2 aromatic rings. The summed E-state index contributed by atoms with van der Waals surface area (Å²) in [4.78, 5) is 24.5. The highest BCUT2D eigenvalue weighted by atomic mass is 19.4. The Labute approximate surface area is 171 Å². The van der Waals surface area contributed by atoms with Crippen LogP contribution in [0.5, 0.6) is 11.5 Å². The van der Waals surface area contributed by atoms with E-state index in [-0.39, 0.29) is 24.7 Å². The molecule has 1 aliphatic rings. The van der Waals surface area contributed by atoms with E-state index >= 15 is 0 Å². The molecular weight excluding hydrogens is 399 g/mol. The van der Waals surface area contributed by atoms with Crippen molar-refractivity contribution < 1.29 is 32.2 Å². The monoisotopic (exact) mass is 419 g/mol. The number of hydrogen-bond acceptors (Lipinski definition) is 4. The smallest absolute Gasteiger partial charge is 0.416 e. The van der Waals surface area contributed by atoms with Gasteiger partial charge in [-0.2, -0.15) is 13.2 Å². The van der Waals surface area contributed by atoms with Gasteiger partial charge in [0.1, 0.15) is 11.5 Å². The van der Waals surface area contributed by atoms with Crippen LogP contribution in [0.1, 0.15) is 37.3 Å². The Hall–Kier alpha value is -3.29. The number of halogens is 3. The SMILES string of the molecule is CCOC(=O)C1=C(C)NC(=O)CC1c1cccc(Oc2cccc(C(F)(F)F)c2)c1. The lowest BCUT2D eigenvalue weighted by Crippen LogP contribution is -2.34. The van der Waals surface area contributed by atoms with Crippen LogP contribution in [0.4, 0.5) is 13.2 Å². The van der Waals surface area contributed by atoms with Crippen LogP contribution in [0.3, 0.4) is 0 Å².